The summed E-state index contributed by atoms with van der Waals surface area (Å²) in [5, 5.41) is 10.0. The third-order valence-electron chi connectivity index (χ3n) is 2.92. The minimum atomic E-state index is -0.871. The zero-order valence-electron chi connectivity index (χ0n) is 9.25. The lowest BCUT2D eigenvalue weighted by Crippen LogP contribution is -2.45. The van der Waals surface area contributed by atoms with Crippen molar-refractivity contribution < 1.29 is 14.6 Å². The number of aliphatic hydroxyl groups is 1. The van der Waals surface area contributed by atoms with Crippen molar-refractivity contribution in [2.24, 2.45) is 11.8 Å². The molecule has 0 aromatic rings. The maximum Gasteiger partial charge on any atom is 0.311 e. The zero-order chi connectivity index (χ0) is 10.8. The van der Waals surface area contributed by atoms with E-state index in [1.807, 2.05) is 0 Å². The molecule has 82 valence electrons. The Morgan fingerprint density at radius 1 is 1.64 bits per heavy atom. The third kappa shape index (κ3) is 2.71. The molecule has 14 heavy (non-hydrogen) atoms. The van der Waals surface area contributed by atoms with E-state index < -0.39 is 5.60 Å². The van der Waals surface area contributed by atoms with Crippen molar-refractivity contribution in [3.8, 4) is 0 Å². The van der Waals surface area contributed by atoms with Crippen LogP contribution < -0.4 is 0 Å². The van der Waals surface area contributed by atoms with E-state index in [2.05, 4.69) is 13.8 Å². The van der Waals surface area contributed by atoms with Gasteiger partial charge in [0.25, 0.3) is 0 Å². The van der Waals surface area contributed by atoms with E-state index in [9.17, 15) is 9.90 Å². The zero-order valence-corrected chi connectivity index (χ0v) is 9.25. The summed E-state index contributed by atoms with van der Waals surface area (Å²) in [6, 6.07) is 0. The molecule has 0 radical (unpaired) electrons. The van der Waals surface area contributed by atoms with Gasteiger partial charge in [-0.1, -0.05) is 20.3 Å². The van der Waals surface area contributed by atoms with Crippen molar-refractivity contribution in [2.45, 2.75) is 45.6 Å². The van der Waals surface area contributed by atoms with E-state index in [1.54, 1.807) is 6.92 Å². The quantitative estimate of drug-likeness (QED) is 0.706. The molecule has 1 rings (SSSR count). The second-order valence-corrected chi connectivity index (χ2v) is 4.80. The molecule has 0 aliphatic carbocycles. The average molecular weight is 200 g/mol. The van der Waals surface area contributed by atoms with Crippen LogP contribution in [0, 0.1) is 11.8 Å². The van der Waals surface area contributed by atoms with Crippen LogP contribution in [-0.4, -0.2) is 23.3 Å². The number of hydrogen-bond acceptors (Lipinski definition) is 3. The molecule has 0 saturated carbocycles. The van der Waals surface area contributed by atoms with Gasteiger partial charge in [0.2, 0.25) is 0 Å². The molecular formula is C11H20O3. The summed E-state index contributed by atoms with van der Waals surface area (Å²) >= 11 is 0. The van der Waals surface area contributed by atoms with Gasteiger partial charge in [0.15, 0.2) is 0 Å². The number of carbonyl (C=O) groups is 1. The Morgan fingerprint density at radius 3 is 2.79 bits per heavy atom. The SMILES string of the molecule is CC(C)CC[C@H]1C(=O)OCC[C@@]1(C)O. The maximum absolute atomic E-state index is 11.4. The molecule has 3 heteroatoms. The first-order valence-corrected chi connectivity index (χ1v) is 5.32. The van der Waals surface area contributed by atoms with Crippen molar-refractivity contribution >= 4 is 5.97 Å². The van der Waals surface area contributed by atoms with Crippen molar-refractivity contribution in [2.75, 3.05) is 6.61 Å². The fourth-order valence-electron chi connectivity index (χ4n) is 1.82. The van der Waals surface area contributed by atoms with Gasteiger partial charge < -0.3 is 9.84 Å². The molecule has 0 amide bonds. The van der Waals surface area contributed by atoms with Gasteiger partial charge in [0.1, 0.15) is 0 Å². The van der Waals surface area contributed by atoms with Gasteiger partial charge in [0, 0.05) is 6.42 Å². The van der Waals surface area contributed by atoms with Crippen LogP contribution in [0.1, 0.15) is 40.0 Å². The van der Waals surface area contributed by atoms with Gasteiger partial charge in [-0.15, -0.1) is 0 Å². The summed E-state index contributed by atoms with van der Waals surface area (Å²) in [4.78, 5) is 11.4. The van der Waals surface area contributed by atoms with Crippen molar-refractivity contribution in [3.05, 3.63) is 0 Å². The lowest BCUT2D eigenvalue weighted by atomic mass is 9.80. The lowest BCUT2D eigenvalue weighted by Gasteiger charge is -2.35. The first-order chi connectivity index (χ1) is 6.43. The number of esters is 1. The van der Waals surface area contributed by atoms with E-state index in [-0.39, 0.29) is 11.9 Å². The van der Waals surface area contributed by atoms with Crippen molar-refractivity contribution in [3.63, 3.8) is 0 Å². The minimum absolute atomic E-state index is 0.234. The molecule has 2 atom stereocenters. The van der Waals surface area contributed by atoms with Crippen LogP contribution >= 0.6 is 0 Å². The monoisotopic (exact) mass is 200 g/mol. The topological polar surface area (TPSA) is 46.5 Å². The Labute approximate surface area is 85.5 Å². The van der Waals surface area contributed by atoms with E-state index in [0.717, 1.165) is 12.8 Å². The fourth-order valence-corrected chi connectivity index (χ4v) is 1.82. The highest BCUT2D eigenvalue weighted by Crippen LogP contribution is 2.31. The highest BCUT2D eigenvalue weighted by Gasteiger charge is 2.41. The lowest BCUT2D eigenvalue weighted by molar-refractivity contribution is -0.171. The number of ether oxygens (including phenoxy) is 1. The van der Waals surface area contributed by atoms with Crippen LogP contribution in [0.3, 0.4) is 0 Å². The Kier molecular flexibility index (Phi) is 3.53. The predicted molar refractivity (Wildman–Crippen MR) is 53.8 cm³/mol. The molecule has 1 N–H and O–H groups in total. The number of rotatable bonds is 3. The van der Waals surface area contributed by atoms with Gasteiger partial charge in [-0.05, 0) is 19.3 Å². The summed E-state index contributed by atoms with van der Waals surface area (Å²) in [5.41, 5.74) is -0.871. The van der Waals surface area contributed by atoms with Gasteiger partial charge in [-0.2, -0.15) is 0 Å². The highest BCUT2D eigenvalue weighted by molar-refractivity contribution is 5.74. The number of hydrogen-bond donors (Lipinski definition) is 1. The smallest absolute Gasteiger partial charge is 0.311 e. The summed E-state index contributed by atoms with van der Waals surface area (Å²) in [6.07, 6.45) is 2.24. The highest BCUT2D eigenvalue weighted by atomic mass is 16.5. The molecule has 3 nitrogen and oxygen atoms in total. The van der Waals surface area contributed by atoms with E-state index >= 15 is 0 Å². The molecule has 1 aliphatic rings. The maximum atomic E-state index is 11.4. The van der Waals surface area contributed by atoms with Crippen LogP contribution in [0.25, 0.3) is 0 Å². The number of cyclic esters (lactones) is 1. The second-order valence-electron chi connectivity index (χ2n) is 4.80. The normalized spacial score (nSPS) is 33.2. The Hall–Kier alpha value is -0.570. The van der Waals surface area contributed by atoms with Crippen molar-refractivity contribution in [1.82, 2.24) is 0 Å². The average Bonchev–Trinajstić information content (AvgIpc) is 2.01. The molecule has 1 fully saturated rings. The van der Waals surface area contributed by atoms with E-state index in [0.29, 0.717) is 18.9 Å². The summed E-state index contributed by atoms with van der Waals surface area (Å²) in [6.45, 7) is 6.31. The fraction of sp³-hybridized carbons (Fsp3) is 0.909. The van der Waals surface area contributed by atoms with Gasteiger partial charge >= 0.3 is 5.97 Å². The molecule has 0 bridgehead atoms. The van der Waals surface area contributed by atoms with Gasteiger partial charge in [0.05, 0.1) is 18.1 Å². The Bertz CT molecular complexity index is 209. The number of carbonyl (C=O) groups excluding carboxylic acids is 1. The predicted octanol–water partition coefficient (Wildman–Crippen LogP) is 1.74. The van der Waals surface area contributed by atoms with Crippen LogP contribution in [0.15, 0.2) is 0 Å². The van der Waals surface area contributed by atoms with Crippen LogP contribution in [0.2, 0.25) is 0 Å². The third-order valence-corrected chi connectivity index (χ3v) is 2.92. The van der Waals surface area contributed by atoms with E-state index in [1.165, 1.54) is 0 Å². The van der Waals surface area contributed by atoms with Crippen LogP contribution in [0.4, 0.5) is 0 Å². The molecule has 1 aliphatic heterocycles. The molecular weight excluding hydrogens is 180 g/mol. The first-order valence-electron chi connectivity index (χ1n) is 5.32. The Balaban J connectivity index is 2.56. The second kappa shape index (κ2) is 4.30. The molecule has 0 unspecified atom stereocenters. The van der Waals surface area contributed by atoms with Gasteiger partial charge in [-0.25, -0.2) is 0 Å². The molecule has 0 aromatic carbocycles. The van der Waals surface area contributed by atoms with Crippen LogP contribution in [-0.2, 0) is 9.53 Å². The molecule has 0 aromatic heterocycles. The standard InChI is InChI=1S/C11H20O3/c1-8(2)4-5-9-10(12)14-7-6-11(9,3)13/h8-9,13H,4-7H2,1-3H3/t9-,11+/m0/s1. The van der Waals surface area contributed by atoms with Crippen molar-refractivity contribution in [1.29, 1.82) is 0 Å². The molecule has 1 heterocycles. The largest absolute Gasteiger partial charge is 0.465 e. The first kappa shape index (κ1) is 11.5. The Morgan fingerprint density at radius 2 is 2.29 bits per heavy atom. The molecule has 0 spiro atoms. The van der Waals surface area contributed by atoms with E-state index in [4.69, 9.17) is 4.74 Å². The van der Waals surface area contributed by atoms with Gasteiger partial charge in [-0.3, -0.25) is 4.79 Å². The van der Waals surface area contributed by atoms with Crippen LogP contribution in [0.5, 0.6) is 0 Å². The summed E-state index contributed by atoms with van der Waals surface area (Å²) in [5.74, 6) is -0.0129. The molecule has 1 saturated heterocycles. The summed E-state index contributed by atoms with van der Waals surface area (Å²) < 4.78 is 4.96. The minimum Gasteiger partial charge on any atom is -0.465 e. The summed E-state index contributed by atoms with van der Waals surface area (Å²) in [7, 11) is 0.